The Morgan fingerprint density at radius 1 is 0.344 bits per heavy atom. The minimum absolute atomic E-state index is 0.614. The molecule has 64 heavy (non-hydrogen) atoms. The average Bonchev–Trinajstić information content (AvgIpc) is 3.68. The molecule has 11 rings (SSSR count). The number of hydrogen-bond donors (Lipinski definition) is 0. The quantitative estimate of drug-likeness (QED) is 0.136. The second-order valence-corrected chi connectivity index (χ2v) is 24.5. The summed E-state index contributed by atoms with van der Waals surface area (Å²) in [5.74, 6) is 1.87. The van der Waals surface area contributed by atoms with Crippen LogP contribution >= 0.6 is 0 Å². The molecule has 0 aliphatic rings. The standard InChI is InChI=1S/C59H44GeN4/c1-41-32-34-55-52(36-41)53-37-42(2)33-35-56(53)64(55)50-39-45(38-46(40-50)59-62-57(43-20-8-3-9-21-43)61-58(63-59)44-22-10-4-11-23-44)51-30-18-19-31-54(51)60(47-24-12-5-13-25-47,48-26-14-6-15-27-48)49-28-16-7-17-29-49/h3-40H,1-2H3. The Kier molecular flexibility index (Phi) is 10.1. The van der Waals surface area contributed by atoms with Crippen molar-refractivity contribution in [2.75, 3.05) is 0 Å². The molecule has 0 aliphatic heterocycles. The first-order valence-corrected chi connectivity index (χ1v) is 26.0. The van der Waals surface area contributed by atoms with Crippen molar-refractivity contribution in [3.8, 4) is 51.0 Å². The van der Waals surface area contributed by atoms with Crippen molar-refractivity contribution in [2.24, 2.45) is 0 Å². The molecule has 304 valence electrons. The Labute approximate surface area is 376 Å². The molecule has 0 radical (unpaired) electrons. The zero-order chi connectivity index (χ0) is 43.0. The van der Waals surface area contributed by atoms with Crippen LogP contribution in [0.5, 0.6) is 0 Å². The Morgan fingerprint density at radius 2 is 0.734 bits per heavy atom. The van der Waals surface area contributed by atoms with Gasteiger partial charge in [0.15, 0.2) is 0 Å². The van der Waals surface area contributed by atoms with E-state index in [-0.39, 0.29) is 0 Å². The Hall–Kier alpha value is -7.67. The van der Waals surface area contributed by atoms with Gasteiger partial charge < -0.3 is 0 Å². The van der Waals surface area contributed by atoms with Gasteiger partial charge in [0.25, 0.3) is 0 Å². The summed E-state index contributed by atoms with van der Waals surface area (Å²) in [7, 11) is 0. The zero-order valence-electron chi connectivity index (χ0n) is 35.7. The van der Waals surface area contributed by atoms with Crippen molar-refractivity contribution in [1.29, 1.82) is 0 Å². The van der Waals surface area contributed by atoms with Crippen LogP contribution in [0.4, 0.5) is 0 Å². The SMILES string of the molecule is Cc1ccc2c(c1)c1cc(C)ccc1n2-c1cc(-c2nc(-c3ccccc3)nc(-c3ccccc3)n2)cc(-c2cccc[c]2[Ge]([c]2ccccc2)([c]2ccccc2)[c]2ccccc2)c1. The van der Waals surface area contributed by atoms with Crippen molar-refractivity contribution < 1.29 is 0 Å². The molecule has 0 bridgehead atoms. The van der Waals surface area contributed by atoms with E-state index in [1.54, 1.807) is 0 Å². The average molecular weight is 882 g/mol. The normalized spacial score (nSPS) is 11.6. The maximum absolute atomic E-state index is 5.30. The van der Waals surface area contributed by atoms with Crippen molar-refractivity contribution in [2.45, 2.75) is 13.8 Å². The van der Waals surface area contributed by atoms with E-state index in [9.17, 15) is 0 Å². The molecule has 0 fully saturated rings. The summed E-state index contributed by atoms with van der Waals surface area (Å²) in [6.45, 7) is 4.35. The van der Waals surface area contributed by atoms with Crippen LogP contribution in [0.1, 0.15) is 11.1 Å². The third kappa shape index (κ3) is 6.93. The second-order valence-electron chi connectivity index (χ2n) is 16.6. The van der Waals surface area contributed by atoms with Crippen molar-refractivity contribution in [1.82, 2.24) is 19.5 Å². The third-order valence-electron chi connectivity index (χ3n) is 12.5. The molecule has 11 aromatic rings. The third-order valence-corrected chi connectivity index (χ3v) is 22.6. The van der Waals surface area contributed by atoms with Crippen molar-refractivity contribution >= 4 is 52.7 Å². The summed E-state index contributed by atoms with van der Waals surface area (Å²) in [6.07, 6.45) is 0. The molecule has 0 atom stereocenters. The first kappa shape index (κ1) is 39.2. The van der Waals surface area contributed by atoms with Gasteiger partial charge >= 0.3 is 379 Å². The van der Waals surface area contributed by atoms with Gasteiger partial charge in [0.1, 0.15) is 0 Å². The summed E-state index contributed by atoms with van der Waals surface area (Å²) >= 11 is -3.76. The Morgan fingerprint density at radius 3 is 1.20 bits per heavy atom. The number of rotatable bonds is 9. The molecule has 2 heterocycles. The fourth-order valence-electron chi connectivity index (χ4n) is 9.58. The summed E-state index contributed by atoms with van der Waals surface area (Å²) in [5, 5.41) is 2.46. The van der Waals surface area contributed by atoms with Gasteiger partial charge in [-0.15, -0.1) is 0 Å². The number of benzene rings is 9. The van der Waals surface area contributed by atoms with Gasteiger partial charge in [-0.25, -0.2) is 0 Å². The van der Waals surface area contributed by atoms with Crippen molar-refractivity contribution in [3.63, 3.8) is 0 Å². The topological polar surface area (TPSA) is 43.6 Å². The molecule has 0 aliphatic carbocycles. The number of hydrogen-bond acceptors (Lipinski definition) is 3. The molecule has 0 spiro atoms. The van der Waals surface area contributed by atoms with Gasteiger partial charge in [0, 0.05) is 0 Å². The Balaban J connectivity index is 1.25. The fraction of sp³-hybridized carbons (Fsp3) is 0.0339. The molecule has 0 saturated heterocycles. The van der Waals surface area contributed by atoms with Gasteiger partial charge in [-0.1, -0.05) is 0 Å². The van der Waals surface area contributed by atoms with Gasteiger partial charge in [-0.05, 0) is 0 Å². The molecule has 0 N–H and O–H groups in total. The predicted molar refractivity (Wildman–Crippen MR) is 269 cm³/mol. The van der Waals surface area contributed by atoms with Crippen LogP contribution in [0, 0.1) is 13.8 Å². The zero-order valence-corrected chi connectivity index (χ0v) is 37.8. The van der Waals surface area contributed by atoms with Crippen LogP contribution < -0.4 is 17.6 Å². The summed E-state index contributed by atoms with van der Waals surface area (Å²) in [4.78, 5) is 15.7. The second kappa shape index (κ2) is 16.6. The fourth-order valence-corrected chi connectivity index (χ4v) is 20.1. The monoisotopic (exact) mass is 882 g/mol. The maximum atomic E-state index is 5.30. The van der Waals surface area contributed by atoms with E-state index in [4.69, 9.17) is 15.0 Å². The van der Waals surface area contributed by atoms with Gasteiger partial charge in [0.2, 0.25) is 0 Å². The molecular weight excluding hydrogens is 837 g/mol. The van der Waals surface area contributed by atoms with Gasteiger partial charge in [0.05, 0.1) is 0 Å². The van der Waals surface area contributed by atoms with Crippen LogP contribution in [0.3, 0.4) is 0 Å². The molecular formula is C59H44GeN4. The van der Waals surface area contributed by atoms with Gasteiger partial charge in [-0.3, -0.25) is 0 Å². The van der Waals surface area contributed by atoms with Gasteiger partial charge in [-0.2, -0.15) is 0 Å². The van der Waals surface area contributed by atoms with E-state index in [1.807, 2.05) is 36.4 Å². The molecule has 0 amide bonds. The van der Waals surface area contributed by atoms with Crippen LogP contribution in [0.25, 0.3) is 72.8 Å². The molecule has 4 nitrogen and oxygen atoms in total. The minimum atomic E-state index is -3.76. The Bertz CT molecular complexity index is 3230. The van der Waals surface area contributed by atoms with Crippen LogP contribution in [-0.2, 0) is 0 Å². The summed E-state index contributed by atoms with van der Waals surface area (Å²) in [5.41, 5.74) is 10.9. The number of aromatic nitrogens is 4. The number of aryl methyl sites for hydroxylation is 2. The van der Waals surface area contributed by atoms with E-state index in [2.05, 4.69) is 213 Å². The van der Waals surface area contributed by atoms with E-state index in [0.717, 1.165) is 39.0 Å². The van der Waals surface area contributed by atoms with E-state index < -0.39 is 13.3 Å². The van der Waals surface area contributed by atoms with E-state index >= 15 is 0 Å². The molecule has 0 unspecified atom stereocenters. The van der Waals surface area contributed by atoms with E-state index in [0.29, 0.717) is 17.5 Å². The molecule has 9 aromatic carbocycles. The van der Waals surface area contributed by atoms with Crippen LogP contribution in [0.15, 0.2) is 231 Å². The molecule has 0 saturated carbocycles. The summed E-state index contributed by atoms with van der Waals surface area (Å²) in [6, 6.07) is 83.8. The van der Waals surface area contributed by atoms with Crippen LogP contribution in [-0.4, -0.2) is 32.8 Å². The first-order valence-electron chi connectivity index (χ1n) is 21.9. The van der Waals surface area contributed by atoms with Crippen LogP contribution in [0.2, 0.25) is 0 Å². The van der Waals surface area contributed by atoms with E-state index in [1.165, 1.54) is 45.0 Å². The predicted octanol–water partition coefficient (Wildman–Crippen LogP) is 11.6. The molecule has 5 heteroatoms. The molecule has 2 aromatic heterocycles. The first-order chi connectivity index (χ1) is 31.5. The number of fused-ring (bicyclic) bond motifs is 3. The summed E-state index contributed by atoms with van der Waals surface area (Å²) < 4.78 is 7.89. The van der Waals surface area contributed by atoms with Crippen molar-refractivity contribution in [3.05, 3.63) is 242 Å². The number of nitrogens with zero attached hydrogens (tertiary/aromatic N) is 4.